The number of hydrogen-bond acceptors (Lipinski definition) is 2. The molecule has 0 saturated heterocycles. The van der Waals surface area contributed by atoms with E-state index >= 15 is 0 Å². The van der Waals surface area contributed by atoms with Crippen molar-refractivity contribution in [1.82, 2.24) is 0 Å². The number of carbonyl (C=O) groups excluding carboxylic acids is 1. The molecule has 0 radical (unpaired) electrons. The molecule has 0 aliphatic heterocycles. The first kappa shape index (κ1) is 19.2. The first-order valence-electron chi connectivity index (χ1n) is 9.91. The third-order valence-corrected chi connectivity index (χ3v) is 5.90. The molecule has 2 N–H and O–H groups in total. The highest BCUT2D eigenvalue weighted by Crippen LogP contribution is 2.32. The Morgan fingerprint density at radius 2 is 1.71 bits per heavy atom. The van der Waals surface area contributed by atoms with E-state index in [1.54, 1.807) is 6.92 Å². The molecule has 0 bridgehead atoms. The van der Waals surface area contributed by atoms with Crippen molar-refractivity contribution in [3.63, 3.8) is 0 Å². The van der Waals surface area contributed by atoms with E-state index in [0.717, 1.165) is 12.3 Å². The van der Waals surface area contributed by atoms with Gasteiger partial charge in [0.25, 0.3) is 0 Å². The van der Waals surface area contributed by atoms with Gasteiger partial charge < -0.3 is 5.73 Å². The number of carbonyl (C=O) groups is 1. The van der Waals surface area contributed by atoms with E-state index in [4.69, 9.17) is 5.73 Å². The largest absolute Gasteiger partial charge is 0.326 e. The van der Waals surface area contributed by atoms with Gasteiger partial charge in [-0.2, -0.15) is 0 Å². The SMILES string of the molecule is CC(=O)C1CCCCC1C.NCc1cccc(C2CCCCC2)c1. The van der Waals surface area contributed by atoms with Crippen molar-refractivity contribution in [1.29, 1.82) is 0 Å². The summed E-state index contributed by atoms with van der Waals surface area (Å²) in [4.78, 5) is 11.0. The second-order valence-electron chi connectivity index (χ2n) is 7.76. The lowest BCUT2D eigenvalue weighted by atomic mass is 9.78. The number of benzene rings is 1. The van der Waals surface area contributed by atoms with Crippen molar-refractivity contribution in [2.45, 2.75) is 84.1 Å². The topological polar surface area (TPSA) is 43.1 Å². The smallest absolute Gasteiger partial charge is 0.133 e. The van der Waals surface area contributed by atoms with Gasteiger partial charge in [-0.25, -0.2) is 0 Å². The second-order valence-corrected chi connectivity index (χ2v) is 7.76. The maximum absolute atomic E-state index is 11.0. The highest BCUT2D eigenvalue weighted by Gasteiger charge is 2.24. The quantitative estimate of drug-likeness (QED) is 0.785. The second kappa shape index (κ2) is 9.98. The van der Waals surface area contributed by atoms with Crippen LogP contribution < -0.4 is 5.73 Å². The van der Waals surface area contributed by atoms with Crippen molar-refractivity contribution < 1.29 is 4.79 Å². The Labute approximate surface area is 148 Å². The van der Waals surface area contributed by atoms with E-state index < -0.39 is 0 Å². The van der Waals surface area contributed by atoms with Gasteiger partial charge in [-0.05, 0) is 49.1 Å². The molecule has 134 valence electrons. The molecule has 2 unspecified atom stereocenters. The standard InChI is InChI=1S/C13H19N.C9H16O/c14-10-11-5-4-8-13(9-11)12-6-2-1-3-7-12;1-7-5-3-4-6-9(7)8(2)10/h4-5,8-9,12H,1-3,6-7,10,14H2;7,9H,3-6H2,1-2H3. The first-order valence-corrected chi connectivity index (χ1v) is 9.91. The average molecular weight is 330 g/mol. The lowest BCUT2D eigenvalue weighted by Gasteiger charge is -2.26. The van der Waals surface area contributed by atoms with Crippen LogP contribution in [0.25, 0.3) is 0 Å². The summed E-state index contributed by atoms with van der Waals surface area (Å²) in [6, 6.07) is 8.81. The zero-order valence-corrected chi connectivity index (χ0v) is 15.6. The van der Waals surface area contributed by atoms with Crippen molar-refractivity contribution >= 4 is 5.78 Å². The monoisotopic (exact) mass is 329 g/mol. The summed E-state index contributed by atoms with van der Waals surface area (Å²) in [5.41, 5.74) is 8.43. The fourth-order valence-electron chi connectivity index (χ4n) is 4.33. The van der Waals surface area contributed by atoms with Gasteiger partial charge in [0.15, 0.2) is 0 Å². The Kier molecular flexibility index (Phi) is 7.98. The Hall–Kier alpha value is -1.15. The molecule has 2 nitrogen and oxygen atoms in total. The van der Waals surface area contributed by atoms with Crippen LogP contribution in [-0.4, -0.2) is 5.78 Å². The molecule has 2 aliphatic rings. The van der Waals surface area contributed by atoms with Crippen molar-refractivity contribution in [2.24, 2.45) is 17.6 Å². The van der Waals surface area contributed by atoms with Crippen LogP contribution in [0.15, 0.2) is 24.3 Å². The normalized spacial score (nSPS) is 24.8. The number of nitrogens with two attached hydrogens (primary N) is 1. The summed E-state index contributed by atoms with van der Waals surface area (Å²) in [5.74, 6) is 2.22. The lowest BCUT2D eigenvalue weighted by Crippen LogP contribution is -2.22. The summed E-state index contributed by atoms with van der Waals surface area (Å²) in [6.07, 6.45) is 11.9. The highest BCUT2D eigenvalue weighted by molar-refractivity contribution is 5.78. The van der Waals surface area contributed by atoms with E-state index in [9.17, 15) is 4.79 Å². The summed E-state index contributed by atoms with van der Waals surface area (Å²) in [6.45, 7) is 4.60. The molecule has 2 atom stereocenters. The zero-order valence-electron chi connectivity index (χ0n) is 15.6. The van der Waals surface area contributed by atoms with Crippen molar-refractivity contribution in [2.75, 3.05) is 0 Å². The molecule has 0 amide bonds. The van der Waals surface area contributed by atoms with Crippen LogP contribution in [0.5, 0.6) is 0 Å². The predicted molar refractivity (Wildman–Crippen MR) is 102 cm³/mol. The van der Waals surface area contributed by atoms with E-state index in [1.807, 2.05) is 0 Å². The molecule has 2 saturated carbocycles. The van der Waals surface area contributed by atoms with Gasteiger partial charge in [0.1, 0.15) is 5.78 Å². The average Bonchev–Trinajstić information content (AvgIpc) is 2.63. The maximum atomic E-state index is 11.0. The Morgan fingerprint density at radius 1 is 1.04 bits per heavy atom. The number of rotatable bonds is 3. The Balaban J connectivity index is 0.000000185. The minimum Gasteiger partial charge on any atom is -0.326 e. The van der Waals surface area contributed by atoms with Crippen LogP contribution in [0.4, 0.5) is 0 Å². The fraction of sp³-hybridized carbons (Fsp3) is 0.682. The van der Waals surface area contributed by atoms with Gasteiger partial charge >= 0.3 is 0 Å². The molecular formula is C22H35NO. The van der Waals surface area contributed by atoms with Gasteiger partial charge in [0.05, 0.1) is 0 Å². The Bertz CT molecular complexity index is 504. The van der Waals surface area contributed by atoms with Crippen LogP contribution in [0.1, 0.15) is 88.7 Å². The van der Waals surface area contributed by atoms with Crippen LogP contribution in [0.2, 0.25) is 0 Å². The molecule has 3 rings (SSSR count). The molecule has 2 heteroatoms. The molecule has 2 aliphatic carbocycles. The fourth-order valence-corrected chi connectivity index (χ4v) is 4.33. The van der Waals surface area contributed by atoms with E-state index in [-0.39, 0.29) is 0 Å². The summed E-state index contributed by atoms with van der Waals surface area (Å²) >= 11 is 0. The lowest BCUT2D eigenvalue weighted by molar-refractivity contribution is -0.123. The minimum atomic E-state index is 0.383. The van der Waals surface area contributed by atoms with Gasteiger partial charge in [-0.1, -0.05) is 69.7 Å². The van der Waals surface area contributed by atoms with Gasteiger partial charge in [0, 0.05) is 12.5 Å². The van der Waals surface area contributed by atoms with Crippen LogP contribution in [-0.2, 0) is 11.3 Å². The van der Waals surface area contributed by atoms with E-state index in [2.05, 4.69) is 31.2 Å². The molecule has 1 aromatic carbocycles. The predicted octanol–water partition coefficient (Wildman–Crippen LogP) is 5.59. The van der Waals surface area contributed by atoms with E-state index in [0.29, 0.717) is 24.2 Å². The number of ketones is 1. The summed E-state index contributed by atoms with van der Waals surface area (Å²) in [5, 5.41) is 0. The molecular weight excluding hydrogens is 294 g/mol. The maximum Gasteiger partial charge on any atom is 0.133 e. The van der Waals surface area contributed by atoms with Crippen LogP contribution in [0, 0.1) is 11.8 Å². The van der Waals surface area contributed by atoms with Crippen LogP contribution >= 0.6 is 0 Å². The first-order chi connectivity index (χ1) is 11.6. The van der Waals surface area contributed by atoms with Gasteiger partial charge in [0.2, 0.25) is 0 Å². The molecule has 1 aromatic rings. The minimum absolute atomic E-state index is 0.383. The summed E-state index contributed by atoms with van der Waals surface area (Å²) in [7, 11) is 0. The van der Waals surface area contributed by atoms with Crippen LogP contribution in [0.3, 0.4) is 0 Å². The van der Waals surface area contributed by atoms with Gasteiger partial charge in [-0.15, -0.1) is 0 Å². The highest BCUT2D eigenvalue weighted by atomic mass is 16.1. The Morgan fingerprint density at radius 3 is 2.29 bits per heavy atom. The zero-order chi connectivity index (χ0) is 17.4. The molecule has 0 heterocycles. The third-order valence-electron chi connectivity index (χ3n) is 5.90. The third kappa shape index (κ3) is 5.73. The van der Waals surface area contributed by atoms with E-state index in [1.165, 1.54) is 62.5 Å². The van der Waals surface area contributed by atoms with Crippen molar-refractivity contribution in [3.05, 3.63) is 35.4 Å². The van der Waals surface area contributed by atoms with Crippen molar-refractivity contribution in [3.8, 4) is 0 Å². The molecule has 24 heavy (non-hydrogen) atoms. The number of Topliss-reactive ketones (excluding diaryl/α,β-unsaturated/α-hetero) is 1. The molecule has 0 spiro atoms. The summed E-state index contributed by atoms with van der Waals surface area (Å²) < 4.78 is 0. The molecule has 0 aromatic heterocycles. The van der Waals surface area contributed by atoms with Gasteiger partial charge in [-0.3, -0.25) is 4.79 Å². The molecule has 2 fully saturated rings. The number of hydrogen-bond donors (Lipinski definition) is 1.